The third-order valence-electron chi connectivity index (χ3n) is 9.42. The van der Waals surface area contributed by atoms with Gasteiger partial charge in [0.15, 0.2) is 0 Å². The summed E-state index contributed by atoms with van der Waals surface area (Å²) in [6, 6.07) is 58.1. The summed E-state index contributed by atoms with van der Waals surface area (Å²) in [6.07, 6.45) is 0. The number of hydrogen-bond acceptors (Lipinski definition) is 3. The molecule has 0 N–H and O–H groups in total. The van der Waals surface area contributed by atoms with Crippen molar-refractivity contribution in [1.82, 2.24) is 0 Å². The summed E-state index contributed by atoms with van der Waals surface area (Å²) in [5, 5.41) is 9.29. The molecule has 0 amide bonds. The minimum atomic E-state index is 0.881. The second kappa shape index (κ2) is 10.1. The summed E-state index contributed by atoms with van der Waals surface area (Å²) in [5.74, 6) is 0. The van der Waals surface area contributed by atoms with Crippen LogP contribution in [-0.4, -0.2) is 0 Å². The summed E-state index contributed by atoms with van der Waals surface area (Å²) < 4.78 is 12.5. The Labute approximate surface area is 270 Å². The van der Waals surface area contributed by atoms with E-state index < -0.39 is 0 Å². The average molecular weight is 602 g/mol. The first-order valence-electron chi connectivity index (χ1n) is 15.9. The predicted octanol–water partition coefficient (Wildman–Crippen LogP) is 12.9. The molecule has 3 nitrogen and oxygen atoms in total. The number of rotatable bonds is 4. The second-order valence-corrected chi connectivity index (χ2v) is 12.2. The van der Waals surface area contributed by atoms with E-state index in [0.29, 0.717) is 0 Å². The third kappa shape index (κ3) is 4.14. The van der Waals surface area contributed by atoms with Crippen LogP contribution < -0.4 is 4.90 Å². The van der Waals surface area contributed by atoms with Gasteiger partial charge in [0.1, 0.15) is 22.3 Å². The number of para-hydroxylation sites is 2. The predicted molar refractivity (Wildman–Crippen MR) is 196 cm³/mol. The van der Waals surface area contributed by atoms with Gasteiger partial charge < -0.3 is 13.7 Å². The zero-order chi connectivity index (χ0) is 30.9. The van der Waals surface area contributed by atoms with Crippen LogP contribution >= 0.6 is 0 Å². The molecule has 10 rings (SSSR count). The quantitative estimate of drug-likeness (QED) is 0.201. The average Bonchev–Trinajstić information content (AvgIpc) is 3.68. The normalized spacial score (nSPS) is 11.8. The second-order valence-electron chi connectivity index (χ2n) is 12.2. The fraction of sp³-hybridized carbons (Fsp3) is 0. The Hall–Kier alpha value is -6.32. The Morgan fingerprint density at radius 3 is 1.72 bits per heavy atom. The molecule has 0 aliphatic carbocycles. The van der Waals surface area contributed by atoms with Crippen LogP contribution in [0.15, 0.2) is 173 Å². The molecule has 2 heterocycles. The Balaban J connectivity index is 1.15. The molecule has 0 spiro atoms. The van der Waals surface area contributed by atoms with Gasteiger partial charge in [-0.05, 0) is 99.4 Å². The van der Waals surface area contributed by atoms with Crippen molar-refractivity contribution in [2.75, 3.05) is 4.90 Å². The van der Waals surface area contributed by atoms with Crippen molar-refractivity contribution in [1.29, 1.82) is 0 Å². The minimum Gasteiger partial charge on any atom is -0.456 e. The molecule has 0 bridgehead atoms. The van der Waals surface area contributed by atoms with E-state index in [1.165, 1.54) is 27.3 Å². The molecule has 0 atom stereocenters. The SMILES string of the molecule is c1ccc2c(-c3ccc(N(c4ccc5cc6c(cc5c4)oc4ccccc46)c4ccc5oc6ccccc6c5c4)cc3)cccc2c1. The Morgan fingerprint density at radius 1 is 0.319 bits per heavy atom. The molecule has 220 valence electrons. The number of hydrogen-bond donors (Lipinski definition) is 0. The molecular formula is C44H27NO2. The lowest BCUT2D eigenvalue weighted by molar-refractivity contribution is 0.668. The van der Waals surface area contributed by atoms with Gasteiger partial charge in [-0.15, -0.1) is 0 Å². The van der Waals surface area contributed by atoms with E-state index in [1.54, 1.807) is 0 Å². The summed E-state index contributed by atoms with van der Waals surface area (Å²) >= 11 is 0. The first kappa shape index (κ1) is 26.0. The maximum atomic E-state index is 6.27. The fourth-order valence-corrected chi connectivity index (χ4v) is 7.16. The third-order valence-corrected chi connectivity index (χ3v) is 9.42. The van der Waals surface area contributed by atoms with Crippen LogP contribution in [0.4, 0.5) is 17.1 Å². The van der Waals surface area contributed by atoms with Gasteiger partial charge in [-0.3, -0.25) is 0 Å². The standard InChI is InChI=1S/C44H27NO2/c1-2-10-35-28(8-1)9-7-13-36(35)29-16-19-32(20-17-29)45(34-22-23-43-40(27-34)38-12-4-5-14-41(38)46-43)33-21-18-30-25-39-37-11-3-6-15-42(37)47-44(39)26-31(30)24-33/h1-27H. The van der Waals surface area contributed by atoms with Gasteiger partial charge in [0.2, 0.25) is 0 Å². The van der Waals surface area contributed by atoms with Gasteiger partial charge in [0.05, 0.1) is 0 Å². The highest BCUT2D eigenvalue weighted by Crippen LogP contribution is 2.41. The van der Waals surface area contributed by atoms with Crippen molar-refractivity contribution in [2.24, 2.45) is 0 Å². The highest BCUT2D eigenvalue weighted by Gasteiger charge is 2.17. The van der Waals surface area contributed by atoms with Crippen molar-refractivity contribution in [3.63, 3.8) is 0 Å². The van der Waals surface area contributed by atoms with Gasteiger partial charge in [0.25, 0.3) is 0 Å². The first-order chi connectivity index (χ1) is 23.3. The number of furan rings is 2. The zero-order valence-corrected chi connectivity index (χ0v) is 25.4. The van der Waals surface area contributed by atoms with E-state index >= 15 is 0 Å². The molecule has 0 aliphatic rings. The first-order valence-corrected chi connectivity index (χ1v) is 15.9. The lowest BCUT2D eigenvalue weighted by Crippen LogP contribution is -2.09. The molecular weight excluding hydrogens is 574 g/mol. The van der Waals surface area contributed by atoms with Crippen molar-refractivity contribution in [3.8, 4) is 11.1 Å². The summed E-state index contributed by atoms with van der Waals surface area (Å²) in [4.78, 5) is 2.33. The van der Waals surface area contributed by atoms with Crippen molar-refractivity contribution < 1.29 is 8.83 Å². The smallest absolute Gasteiger partial charge is 0.136 e. The van der Waals surface area contributed by atoms with Crippen LogP contribution in [0, 0.1) is 0 Å². The lowest BCUT2D eigenvalue weighted by atomic mass is 9.98. The molecule has 0 saturated carbocycles. The van der Waals surface area contributed by atoms with Crippen molar-refractivity contribution >= 4 is 82.5 Å². The van der Waals surface area contributed by atoms with Gasteiger partial charge in [-0.1, -0.05) is 97.1 Å². The Kier molecular flexibility index (Phi) is 5.57. The van der Waals surface area contributed by atoms with Crippen molar-refractivity contribution in [3.05, 3.63) is 164 Å². The van der Waals surface area contributed by atoms with Gasteiger partial charge in [-0.2, -0.15) is 0 Å². The van der Waals surface area contributed by atoms with E-state index in [1.807, 2.05) is 24.3 Å². The molecule has 0 aliphatic heterocycles. The van der Waals surface area contributed by atoms with Crippen LogP contribution in [0.2, 0.25) is 0 Å². The molecule has 0 fully saturated rings. The van der Waals surface area contributed by atoms with Gasteiger partial charge in [-0.25, -0.2) is 0 Å². The van der Waals surface area contributed by atoms with E-state index in [0.717, 1.165) is 66.3 Å². The molecule has 2 aromatic heterocycles. The van der Waals surface area contributed by atoms with Crippen LogP contribution in [0.5, 0.6) is 0 Å². The number of benzene rings is 8. The Bertz CT molecular complexity index is 2800. The molecule has 10 aromatic rings. The maximum absolute atomic E-state index is 6.27. The topological polar surface area (TPSA) is 29.5 Å². The molecule has 47 heavy (non-hydrogen) atoms. The lowest BCUT2D eigenvalue weighted by Gasteiger charge is -2.26. The van der Waals surface area contributed by atoms with E-state index in [-0.39, 0.29) is 0 Å². The molecule has 3 heteroatoms. The van der Waals surface area contributed by atoms with Crippen LogP contribution in [-0.2, 0) is 0 Å². The van der Waals surface area contributed by atoms with Crippen LogP contribution in [0.1, 0.15) is 0 Å². The molecule has 0 saturated heterocycles. The fourth-order valence-electron chi connectivity index (χ4n) is 7.16. The van der Waals surface area contributed by atoms with E-state index in [2.05, 4.69) is 144 Å². The summed E-state index contributed by atoms with van der Waals surface area (Å²) in [7, 11) is 0. The van der Waals surface area contributed by atoms with Gasteiger partial charge in [0, 0.05) is 38.6 Å². The molecule has 0 radical (unpaired) electrons. The number of nitrogens with zero attached hydrogens (tertiary/aromatic N) is 1. The number of fused-ring (bicyclic) bond motifs is 8. The van der Waals surface area contributed by atoms with Gasteiger partial charge >= 0.3 is 0 Å². The maximum Gasteiger partial charge on any atom is 0.136 e. The van der Waals surface area contributed by atoms with E-state index in [4.69, 9.17) is 8.83 Å². The Morgan fingerprint density at radius 2 is 0.915 bits per heavy atom. The van der Waals surface area contributed by atoms with E-state index in [9.17, 15) is 0 Å². The zero-order valence-electron chi connectivity index (χ0n) is 25.4. The largest absolute Gasteiger partial charge is 0.456 e. The summed E-state index contributed by atoms with van der Waals surface area (Å²) in [5.41, 5.74) is 9.20. The minimum absolute atomic E-state index is 0.881. The van der Waals surface area contributed by atoms with Crippen molar-refractivity contribution in [2.45, 2.75) is 0 Å². The highest BCUT2D eigenvalue weighted by atomic mass is 16.3. The van der Waals surface area contributed by atoms with Crippen LogP contribution in [0.3, 0.4) is 0 Å². The van der Waals surface area contributed by atoms with Crippen LogP contribution in [0.25, 0.3) is 76.5 Å². The summed E-state index contributed by atoms with van der Waals surface area (Å²) in [6.45, 7) is 0. The highest BCUT2D eigenvalue weighted by molar-refractivity contribution is 6.11. The monoisotopic (exact) mass is 601 g/mol. The molecule has 8 aromatic carbocycles. The number of anilines is 3. The molecule has 0 unspecified atom stereocenters.